The molecule has 17 heteroatoms. The van der Waals surface area contributed by atoms with Crippen LogP contribution in [0, 0.1) is 0 Å². The second kappa shape index (κ2) is 16.8. The summed E-state index contributed by atoms with van der Waals surface area (Å²) >= 11 is 1.45. The fraction of sp³-hybridized carbons (Fsp3) is 0.594. The predicted octanol–water partition coefficient (Wildman–Crippen LogP) is 3.20. The lowest BCUT2D eigenvalue weighted by Gasteiger charge is -2.28. The molecule has 1 aliphatic heterocycles. The number of nitrogens with one attached hydrogen (secondary N) is 2. The molecular formula is C32H45BN5O9S2. The van der Waals surface area contributed by atoms with Gasteiger partial charge in [0.05, 0.1) is 18.9 Å². The molecule has 1 saturated carbocycles. The second-order valence-electron chi connectivity index (χ2n) is 13.1. The number of carbonyl (C=O) groups is 4. The number of pyridine rings is 1. The number of nitrogens with zero attached hydrogens (tertiary/aromatic N) is 2. The van der Waals surface area contributed by atoms with Gasteiger partial charge in [-0.3, -0.25) is 19.1 Å². The van der Waals surface area contributed by atoms with Crippen molar-refractivity contribution in [2.24, 2.45) is 5.73 Å². The summed E-state index contributed by atoms with van der Waals surface area (Å²) in [6, 6.07) is 5.35. The lowest BCUT2D eigenvalue weighted by atomic mass is 9.72. The van der Waals surface area contributed by atoms with Crippen molar-refractivity contribution < 1.29 is 41.8 Å². The number of aromatic nitrogens is 1. The molecule has 1 saturated heterocycles. The van der Waals surface area contributed by atoms with E-state index in [1.54, 1.807) is 40.1 Å². The van der Waals surface area contributed by atoms with Crippen LogP contribution in [0.5, 0.6) is 11.6 Å². The molecule has 0 bridgehead atoms. The summed E-state index contributed by atoms with van der Waals surface area (Å²) in [5.41, 5.74) is 4.95. The van der Waals surface area contributed by atoms with E-state index in [0.29, 0.717) is 43.0 Å². The molecule has 1 unspecified atom stereocenters. The van der Waals surface area contributed by atoms with Crippen molar-refractivity contribution in [2.75, 3.05) is 25.2 Å². The molecule has 4 amide bonds. The third-order valence-electron chi connectivity index (χ3n) is 7.89. The van der Waals surface area contributed by atoms with Gasteiger partial charge in [-0.1, -0.05) is 19.2 Å². The van der Waals surface area contributed by atoms with Crippen LogP contribution >= 0.6 is 11.8 Å². The summed E-state index contributed by atoms with van der Waals surface area (Å²) in [5.74, 6) is 0.131. The Morgan fingerprint density at radius 3 is 2.57 bits per heavy atom. The third kappa shape index (κ3) is 11.4. The number of fused-ring (bicyclic) bond motifs is 1. The molecule has 267 valence electrons. The molecule has 2 heterocycles. The molecule has 1 aromatic carbocycles. The van der Waals surface area contributed by atoms with Gasteiger partial charge in [-0.05, 0) is 75.4 Å². The molecule has 1 aliphatic carbocycles. The molecule has 4 rings (SSSR count). The van der Waals surface area contributed by atoms with Gasteiger partial charge in [-0.15, -0.1) is 0 Å². The Hall–Kier alpha value is -3.73. The van der Waals surface area contributed by atoms with Crippen LogP contribution < -0.4 is 25.2 Å². The number of alkyl carbamates (subject to hydrolysis) is 1. The van der Waals surface area contributed by atoms with E-state index in [0.717, 1.165) is 23.6 Å². The van der Waals surface area contributed by atoms with Crippen molar-refractivity contribution in [2.45, 2.75) is 94.7 Å². The summed E-state index contributed by atoms with van der Waals surface area (Å²) in [6.07, 6.45) is 4.25. The summed E-state index contributed by atoms with van der Waals surface area (Å²) in [4.78, 5) is 56.9. The number of ether oxygens (including phenoxy) is 3. The van der Waals surface area contributed by atoms with Crippen LogP contribution in [0.1, 0.15) is 59.3 Å². The SMILES string of the molecule is COc1ccc2c(O[C@@H]3CC(C(N)=O)N(C(=O)[C@H](CSCCCCC[B]C(=O)NS(=O)(=O)C4CC4)NC(=O)OC(C)(C)C)C3)nccc2c1. The van der Waals surface area contributed by atoms with Crippen molar-refractivity contribution >= 4 is 63.6 Å². The van der Waals surface area contributed by atoms with Crippen molar-refractivity contribution in [3.8, 4) is 11.6 Å². The number of benzene rings is 1. The highest BCUT2D eigenvalue weighted by molar-refractivity contribution is 7.99. The van der Waals surface area contributed by atoms with Crippen LogP contribution in [0.2, 0.25) is 6.32 Å². The van der Waals surface area contributed by atoms with Gasteiger partial charge in [-0.25, -0.2) is 18.2 Å². The number of unbranched alkanes of at least 4 members (excludes halogenated alkanes) is 2. The summed E-state index contributed by atoms with van der Waals surface area (Å²) in [7, 11) is -0.632. The number of methoxy groups -OCH3 is 1. The lowest BCUT2D eigenvalue weighted by Crippen LogP contribution is -2.54. The average Bonchev–Trinajstić information content (AvgIpc) is 3.81. The third-order valence-corrected chi connectivity index (χ3v) is 10.9. The average molecular weight is 719 g/mol. The van der Waals surface area contributed by atoms with E-state index >= 15 is 0 Å². The van der Waals surface area contributed by atoms with Gasteiger partial charge in [0.2, 0.25) is 35.0 Å². The number of likely N-dealkylation sites (tertiary alicyclic amines) is 1. The first-order valence-corrected chi connectivity index (χ1v) is 19.0. The minimum atomic E-state index is -3.56. The molecule has 0 spiro atoms. The van der Waals surface area contributed by atoms with Gasteiger partial charge in [0.25, 0.3) is 0 Å². The van der Waals surface area contributed by atoms with Gasteiger partial charge in [0, 0.05) is 23.8 Å². The lowest BCUT2D eigenvalue weighted by molar-refractivity contribution is -0.138. The number of primary amides is 1. The van der Waals surface area contributed by atoms with Crippen LogP contribution in [0.15, 0.2) is 30.5 Å². The van der Waals surface area contributed by atoms with Crippen molar-refractivity contribution in [1.29, 1.82) is 0 Å². The molecule has 3 atom stereocenters. The maximum Gasteiger partial charge on any atom is 0.408 e. The van der Waals surface area contributed by atoms with Gasteiger partial charge in [-0.2, -0.15) is 11.8 Å². The Morgan fingerprint density at radius 2 is 1.90 bits per heavy atom. The standard InChI is InChI=1S/C32H45BN5O9S2/c1-32(2,3)47-31(42)36-25(19-48-15-7-5-6-13-33-30(41)37-49(43,44)23-9-10-23)29(40)38-18-22(17-26(38)27(34)39)46-28-24-11-8-21(45-4)16-20(24)12-14-35-28/h8,11-12,14,16,22-23,25-26H,5-7,9-10,13,15,17-19H2,1-4H3,(H2,34,39)(H,36,42)(H,37,41)/t22-,25+,26?/m1/s1. The summed E-state index contributed by atoms with van der Waals surface area (Å²) in [6.45, 7) is 5.21. The molecule has 4 N–H and O–H groups in total. The number of rotatable bonds is 17. The molecule has 2 aliphatic rings. The first-order chi connectivity index (χ1) is 23.2. The van der Waals surface area contributed by atoms with E-state index in [1.807, 2.05) is 18.2 Å². The number of nitrogens with two attached hydrogens (primary N) is 1. The van der Waals surface area contributed by atoms with Crippen LogP contribution in [0.4, 0.5) is 9.59 Å². The number of hydrogen-bond donors (Lipinski definition) is 3. The zero-order chi connectivity index (χ0) is 35.8. The number of amides is 4. The highest BCUT2D eigenvalue weighted by atomic mass is 32.2. The van der Waals surface area contributed by atoms with E-state index in [-0.39, 0.29) is 18.7 Å². The van der Waals surface area contributed by atoms with Crippen molar-refractivity contribution in [3.63, 3.8) is 0 Å². The smallest absolute Gasteiger partial charge is 0.408 e. The van der Waals surface area contributed by atoms with E-state index in [1.165, 1.54) is 23.9 Å². The van der Waals surface area contributed by atoms with Crippen LogP contribution in [0.3, 0.4) is 0 Å². The Kier molecular flexibility index (Phi) is 13.0. The quantitative estimate of drug-likeness (QED) is 0.161. The van der Waals surface area contributed by atoms with Crippen molar-refractivity contribution in [1.82, 2.24) is 19.9 Å². The fourth-order valence-electron chi connectivity index (χ4n) is 5.33. The molecule has 49 heavy (non-hydrogen) atoms. The Balaban J connectivity index is 1.32. The Labute approximate surface area is 292 Å². The highest BCUT2D eigenvalue weighted by Crippen LogP contribution is 2.30. The summed E-state index contributed by atoms with van der Waals surface area (Å²) in [5, 5.41) is 3.81. The second-order valence-corrected chi connectivity index (χ2v) is 16.2. The Bertz CT molecular complexity index is 1620. The maximum atomic E-state index is 13.9. The van der Waals surface area contributed by atoms with Gasteiger partial charge in [0.1, 0.15) is 29.5 Å². The molecule has 1 aromatic heterocycles. The van der Waals surface area contributed by atoms with Crippen LogP contribution in [0.25, 0.3) is 10.8 Å². The molecule has 1 radical (unpaired) electrons. The van der Waals surface area contributed by atoms with Crippen LogP contribution in [-0.2, 0) is 24.3 Å². The molecule has 2 aromatic rings. The normalized spacial score (nSPS) is 18.4. The monoisotopic (exact) mass is 718 g/mol. The molecule has 14 nitrogen and oxygen atoms in total. The van der Waals surface area contributed by atoms with E-state index < -0.39 is 62.8 Å². The first-order valence-electron chi connectivity index (χ1n) is 16.3. The van der Waals surface area contributed by atoms with Gasteiger partial charge < -0.3 is 30.2 Å². The highest BCUT2D eigenvalue weighted by Gasteiger charge is 2.43. The van der Waals surface area contributed by atoms with E-state index in [4.69, 9.17) is 19.9 Å². The zero-order valence-corrected chi connectivity index (χ0v) is 29.9. The first kappa shape index (κ1) is 38.1. The number of hydrogen-bond acceptors (Lipinski definition) is 11. The van der Waals surface area contributed by atoms with E-state index in [9.17, 15) is 27.6 Å². The van der Waals surface area contributed by atoms with Gasteiger partial charge >= 0.3 is 6.09 Å². The maximum absolute atomic E-state index is 13.9. The molecule has 2 fully saturated rings. The topological polar surface area (TPSA) is 196 Å². The minimum Gasteiger partial charge on any atom is -0.497 e. The molecular weight excluding hydrogens is 673 g/mol. The predicted molar refractivity (Wildman–Crippen MR) is 187 cm³/mol. The van der Waals surface area contributed by atoms with E-state index in [2.05, 4.69) is 15.0 Å². The largest absolute Gasteiger partial charge is 0.497 e. The number of sulfonamides is 1. The summed E-state index contributed by atoms with van der Waals surface area (Å²) < 4.78 is 42.8. The van der Waals surface area contributed by atoms with Gasteiger partial charge in [0.15, 0.2) is 5.81 Å². The zero-order valence-electron chi connectivity index (χ0n) is 28.3. The Morgan fingerprint density at radius 1 is 1.14 bits per heavy atom. The number of carbonyl (C=O) groups excluding carboxylic acids is 4. The minimum absolute atomic E-state index is 0.0594. The van der Waals surface area contributed by atoms with Crippen molar-refractivity contribution in [3.05, 3.63) is 30.5 Å². The number of thioether (sulfide) groups is 1. The van der Waals surface area contributed by atoms with Crippen LogP contribution in [-0.4, -0.2) is 103 Å². The fourth-order valence-corrected chi connectivity index (χ4v) is 7.65.